The van der Waals surface area contributed by atoms with E-state index >= 15 is 0 Å². The van der Waals surface area contributed by atoms with E-state index in [9.17, 15) is 8.42 Å². The standard InChI is InChI=1S/C15H23NO2S/c1-3-13-8-10-15(11-9-13)19(17,18)16-12-6-5-7-14(16)4-2/h8-11,14H,3-7,12H2,1-2H3/t14-/m1/s1. The van der Waals surface area contributed by atoms with E-state index in [1.54, 1.807) is 16.4 Å². The number of aryl methyl sites for hydroxylation is 1. The highest BCUT2D eigenvalue weighted by Gasteiger charge is 2.32. The summed E-state index contributed by atoms with van der Waals surface area (Å²) in [5, 5.41) is 0. The quantitative estimate of drug-likeness (QED) is 0.850. The van der Waals surface area contributed by atoms with Crippen LogP contribution in [0.5, 0.6) is 0 Å². The van der Waals surface area contributed by atoms with Gasteiger partial charge in [0.25, 0.3) is 0 Å². The van der Waals surface area contributed by atoms with Gasteiger partial charge < -0.3 is 0 Å². The van der Waals surface area contributed by atoms with Crippen molar-refractivity contribution in [3.63, 3.8) is 0 Å². The lowest BCUT2D eigenvalue weighted by Crippen LogP contribution is -2.43. The molecule has 1 aromatic rings. The molecular formula is C15H23NO2S. The van der Waals surface area contributed by atoms with Crippen LogP contribution in [-0.2, 0) is 16.4 Å². The molecule has 3 nitrogen and oxygen atoms in total. The van der Waals surface area contributed by atoms with Crippen LogP contribution in [0.4, 0.5) is 0 Å². The van der Waals surface area contributed by atoms with Gasteiger partial charge in [-0.3, -0.25) is 0 Å². The van der Waals surface area contributed by atoms with Crippen LogP contribution in [0.15, 0.2) is 29.2 Å². The molecule has 0 amide bonds. The summed E-state index contributed by atoms with van der Waals surface area (Å²) in [5.74, 6) is 0. The number of hydrogen-bond donors (Lipinski definition) is 0. The molecule has 0 unspecified atom stereocenters. The van der Waals surface area contributed by atoms with Crippen LogP contribution >= 0.6 is 0 Å². The van der Waals surface area contributed by atoms with Crippen LogP contribution in [0.1, 0.15) is 45.1 Å². The SMILES string of the molecule is CCc1ccc(S(=O)(=O)N2CCCC[C@H]2CC)cc1. The fraction of sp³-hybridized carbons (Fsp3) is 0.600. The van der Waals surface area contributed by atoms with Crippen LogP contribution in [0, 0.1) is 0 Å². The molecule has 0 bridgehead atoms. The Morgan fingerprint density at radius 3 is 2.42 bits per heavy atom. The number of nitrogens with zero attached hydrogens (tertiary/aromatic N) is 1. The number of sulfonamides is 1. The first-order valence-electron chi connectivity index (χ1n) is 7.20. The lowest BCUT2D eigenvalue weighted by atomic mass is 10.0. The maximum Gasteiger partial charge on any atom is 0.243 e. The van der Waals surface area contributed by atoms with Crippen molar-refractivity contribution in [3.8, 4) is 0 Å². The molecule has 1 atom stereocenters. The molecule has 1 heterocycles. The fourth-order valence-electron chi connectivity index (χ4n) is 2.73. The van der Waals surface area contributed by atoms with E-state index in [-0.39, 0.29) is 6.04 Å². The van der Waals surface area contributed by atoms with Gasteiger partial charge in [-0.2, -0.15) is 4.31 Å². The van der Waals surface area contributed by atoms with E-state index in [0.29, 0.717) is 11.4 Å². The normalized spacial score (nSPS) is 21.5. The van der Waals surface area contributed by atoms with Crippen molar-refractivity contribution in [1.82, 2.24) is 4.31 Å². The van der Waals surface area contributed by atoms with Crippen molar-refractivity contribution in [1.29, 1.82) is 0 Å². The van der Waals surface area contributed by atoms with Crippen molar-refractivity contribution in [2.24, 2.45) is 0 Å². The maximum atomic E-state index is 12.7. The topological polar surface area (TPSA) is 37.4 Å². The molecule has 0 radical (unpaired) electrons. The minimum absolute atomic E-state index is 0.171. The second-order valence-corrected chi connectivity index (χ2v) is 7.06. The summed E-state index contributed by atoms with van der Waals surface area (Å²) in [6, 6.07) is 7.49. The zero-order valence-corrected chi connectivity index (χ0v) is 12.6. The van der Waals surface area contributed by atoms with E-state index in [4.69, 9.17) is 0 Å². The van der Waals surface area contributed by atoms with Crippen LogP contribution < -0.4 is 0 Å². The molecule has 0 spiro atoms. The molecule has 0 N–H and O–H groups in total. The minimum Gasteiger partial charge on any atom is -0.207 e. The van der Waals surface area contributed by atoms with Crippen molar-refractivity contribution in [3.05, 3.63) is 29.8 Å². The van der Waals surface area contributed by atoms with Crippen LogP contribution in [0.25, 0.3) is 0 Å². The average Bonchev–Trinajstić information content (AvgIpc) is 2.47. The van der Waals surface area contributed by atoms with E-state index in [2.05, 4.69) is 13.8 Å². The maximum absolute atomic E-state index is 12.7. The largest absolute Gasteiger partial charge is 0.243 e. The molecule has 1 fully saturated rings. The van der Waals surface area contributed by atoms with Gasteiger partial charge in [0.1, 0.15) is 0 Å². The second kappa shape index (κ2) is 6.06. The van der Waals surface area contributed by atoms with E-state index in [0.717, 1.165) is 32.1 Å². The Kier molecular flexibility index (Phi) is 4.63. The fourth-order valence-corrected chi connectivity index (χ4v) is 4.50. The highest BCUT2D eigenvalue weighted by Crippen LogP contribution is 2.27. The van der Waals surface area contributed by atoms with Crippen molar-refractivity contribution >= 4 is 10.0 Å². The molecular weight excluding hydrogens is 258 g/mol. The zero-order chi connectivity index (χ0) is 13.9. The van der Waals surface area contributed by atoms with E-state index < -0.39 is 10.0 Å². The van der Waals surface area contributed by atoms with Gasteiger partial charge in [0.15, 0.2) is 0 Å². The highest BCUT2D eigenvalue weighted by molar-refractivity contribution is 7.89. The first-order valence-corrected chi connectivity index (χ1v) is 8.64. The van der Waals surface area contributed by atoms with Gasteiger partial charge in [0, 0.05) is 12.6 Å². The molecule has 1 aliphatic heterocycles. The molecule has 106 valence electrons. The lowest BCUT2D eigenvalue weighted by molar-refractivity contribution is 0.246. The lowest BCUT2D eigenvalue weighted by Gasteiger charge is -2.34. The van der Waals surface area contributed by atoms with Gasteiger partial charge >= 0.3 is 0 Å². The summed E-state index contributed by atoms with van der Waals surface area (Å²) in [4.78, 5) is 0.435. The van der Waals surface area contributed by atoms with Gasteiger partial charge in [-0.1, -0.05) is 32.4 Å². The molecule has 1 aliphatic rings. The smallest absolute Gasteiger partial charge is 0.207 e. The molecule has 19 heavy (non-hydrogen) atoms. The summed E-state index contributed by atoms with van der Waals surface area (Å²) >= 11 is 0. The summed E-state index contributed by atoms with van der Waals surface area (Å²) in [7, 11) is -3.31. The van der Waals surface area contributed by atoms with Crippen molar-refractivity contribution < 1.29 is 8.42 Å². The van der Waals surface area contributed by atoms with E-state index in [1.807, 2.05) is 12.1 Å². The summed E-state index contributed by atoms with van der Waals surface area (Å²) in [6.45, 7) is 4.80. The number of benzene rings is 1. The number of rotatable bonds is 4. The predicted molar refractivity (Wildman–Crippen MR) is 77.6 cm³/mol. The number of piperidine rings is 1. The Balaban J connectivity index is 2.29. The molecule has 0 saturated carbocycles. The Hall–Kier alpha value is -0.870. The third kappa shape index (κ3) is 3.00. The summed E-state index contributed by atoms with van der Waals surface area (Å²) in [5.41, 5.74) is 1.17. The monoisotopic (exact) mass is 281 g/mol. The second-order valence-electron chi connectivity index (χ2n) is 5.17. The van der Waals surface area contributed by atoms with Gasteiger partial charge in [0.05, 0.1) is 4.90 Å². The Morgan fingerprint density at radius 1 is 1.16 bits per heavy atom. The molecule has 2 rings (SSSR count). The number of hydrogen-bond acceptors (Lipinski definition) is 2. The highest BCUT2D eigenvalue weighted by atomic mass is 32.2. The first kappa shape index (κ1) is 14.5. The molecule has 1 saturated heterocycles. The van der Waals surface area contributed by atoms with Crippen LogP contribution in [0.2, 0.25) is 0 Å². The summed E-state index contributed by atoms with van der Waals surface area (Å²) in [6.07, 6.45) is 4.93. The third-order valence-electron chi connectivity index (χ3n) is 3.98. The third-order valence-corrected chi connectivity index (χ3v) is 5.95. The average molecular weight is 281 g/mol. The molecule has 0 aliphatic carbocycles. The molecule has 0 aromatic heterocycles. The van der Waals surface area contributed by atoms with Gasteiger partial charge in [-0.25, -0.2) is 8.42 Å². The van der Waals surface area contributed by atoms with Crippen LogP contribution in [-0.4, -0.2) is 25.3 Å². The van der Waals surface area contributed by atoms with Gasteiger partial charge in [-0.15, -0.1) is 0 Å². The molecule has 4 heteroatoms. The summed E-state index contributed by atoms with van der Waals surface area (Å²) < 4.78 is 27.1. The molecule has 1 aromatic carbocycles. The Labute approximate surface area is 116 Å². The van der Waals surface area contributed by atoms with Crippen molar-refractivity contribution in [2.45, 2.75) is 56.9 Å². The Morgan fingerprint density at radius 2 is 1.84 bits per heavy atom. The minimum atomic E-state index is -3.31. The van der Waals surface area contributed by atoms with Gasteiger partial charge in [0.2, 0.25) is 10.0 Å². The predicted octanol–water partition coefficient (Wildman–Crippen LogP) is 3.20. The Bertz CT molecular complexity index is 507. The van der Waals surface area contributed by atoms with Crippen LogP contribution in [0.3, 0.4) is 0 Å². The van der Waals surface area contributed by atoms with Gasteiger partial charge in [-0.05, 0) is 43.4 Å². The zero-order valence-electron chi connectivity index (χ0n) is 11.8. The first-order chi connectivity index (χ1) is 9.09. The van der Waals surface area contributed by atoms with E-state index in [1.165, 1.54) is 5.56 Å². The van der Waals surface area contributed by atoms with Crippen molar-refractivity contribution in [2.75, 3.05) is 6.54 Å².